The molecule has 6 nitrogen and oxygen atoms in total. The van der Waals surface area contributed by atoms with E-state index >= 15 is 0 Å². The van der Waals surface area contributed by atoms with Crippen LogP contribution in [0.5, 0.6) is 0 Å². The summed E-state index contributed by atoms with van der Waals surface area (Å²) in [6, 6.07) is 1.90. The molecule has 1 heterocycles. The molecular formula is C15H26N4O2. The van der Waals surface area contributed by atoms with E-state index < -0.39 is 0 Å². The third-order valence-corrected chi connectivity index (χ3v) is 3.79. The van der Waals surface area contributed by atoms with Crippen molar-refractivity contribution in [1.82, 2.24) is 9.97 Å². The zero-order chi connectivity index (χ0) is 15.1. The number of ether oxygens (including phenoxy) is 1. The van der Waals surface area contributed by atoms with E-state index in [4.69, 9.17) is 4.74 Å². The molecule has 0 aromatic carbocycles. The number of anilines is 2. The first-order chi connectivity index (χ1) is 10.2. The number of nitrogens with zero attached hydrogens (tertiary/aromatic N) is 2. The number of aromatic nitrogens is 2. The lowest BCUT2D eigenvalue weighted by molar-refractivity contribution is 0.104. The molecule has 0 aliphatic heterocycles. The minimum Gasteiger partial charge on any atom is -0.393 e. The first kappa shape index (κ1) is 16.0. The number of aliphatic hydroxyl groups excluding tert-OH is 1. The number of aliphatic hydroxyl groups is 1. The smallest absolute Gasteiger partial charge is 0.158 e. The van der Waals surface area contributed by atoms with Crippen LogP contribution in [0.2, 0.25) is 0 Å². The Bertz CT molecular complexity index is 442. The van der Waals surface area contributed by atoms with Crippen LogP contribution in [0, 0.1) is 5.92 Å². The molecule has 0 radical (unpaired) electrons. The van der Waals surface area contributed by atoms with Crippen molar-refractivity contribution in [1.29, 1.82) is 0 Å². The third kappa shape index (κ3) is 5.13. The van der Waals surface area contributed by atoms with Crippen molar-refractivity contribution in [3.05, 3.63) is 11.9 Å². The van der Waals surface area contributed by atoms with Crippen LogP contribution in [0.25, 0.3) is 0 Å². The highest BCUT2D eigenvalue weighted by atomic mass is 16.5. The second-order valence-corrected chi connectivity index (χ2v) is 5.51. The van der Waals surface area contributed by atoms with E-state index in [-0.39, 0.29) is 6.10 Å². The number of rotatable bonds is 7. The normalized spacial score (nSPS) is 22.0. The molecule has 0 amide bonds. The monoisotopic (exact) mass is 294 g/mol. The minimum absolute atomic E-state index is 0.141. The number of hydrogen-bond donors (Lipinski definition) is 3. The molecule has 2 unspecified atom stereocenters. The van der Waals surface area contributed by atoms with Crippen LogP contribution in [-0.2, 0) is 11.3 Å². The van der Waals surface area contributed by atoms with Gasteiger partial charge in [0.15, 0.2) is 5.82 Å². The fourth-order valence-corrected chi connectivity index (χ4v) is 2.67. The largest absolute Gasteiger partial charge is 0.393 e. The molecule has 6 heteroatoms. The van der Waals surface area contributed by atoms with Gasteiger partial charge in [0.25, 0.3) is 0 Å². The maximum Gasteiger partial charge on any atom is 0.158 e. The quantitative estimate of drug-likeness (QED) is 0.714. The summed E-state index contributed by atoms with van der Waals surface area (Å²) in [6.07, 6.45) is 3.95. The summed E-state index contributed by atoms with van der Waals surface area (Å²) in [7, 11) is 1.84. The molecule has 0 bridgehead atoms. The van der Waals surface area contributed by atoms with Gasteiger partial charge < -0.3 is 20.5 Å². The Balaban J connectivity index is 1.94. The van der Waals surface area contributed by atoms with Gasteiger partial charge in [-0.2, -0.15) is 0 Å². The summed E-state index contributed by atoms with van der Waals surface area (Å²) < 4.78 is 5.37. The van der Waals surface area contributed by atoms with E-state index in [1.165, 1.54) is 6.42 Å². The van der Waals surface area contributed by atoms with Crippen LogP contribution in [0.4, 0.5) is 11.6 Å². The summed E-state index contributed by atoms with van der Waals surface area (Å²) in [6.45, 7) is 3.86. The Morgan fingerprint density at radius 1 is 1.33 bits per heavy atom. The van der Waals surface area contributed by atoms with Crippen molar-refractivity contribution >= 4 is 11.6 Å². The summed E-state index contributed by atoms with van der Waals surface area (Å²) in [5.74, 6) is 2.78. The maximum absolute atomic E-state index is 9.72. The zero-order valence-corrected chi connectivity index (χ0v) is 12.9. The molecule has 118 valence electrons. The summed E-state index contributed by atoms with van der Waals surface area (Å²) in [5, 5.41) is 16.1. The second kappa shape index (κ2) is 8.14. The average Bonchev–Trinajstić information content (AvgIpc) is 2.51. The Kier molecular flexibility index (Phi) is 6.20. The fourth-order valence-electron chi connectivity index (χ4n) is 2.67. The Hall–Kier alpha value is -1.40. The van der Waals surface area contributed by atoms with E-state index in [2.05, 4.69) is 20.6 Å². The maximum atomic E-state index is 9.72. The predicted molar refractivity (Wildman–Crippen MR) is 83.4 cm³/mol. The Labute approximate surface area is 126 Å². The van der Waals surface area contributed by atoms with Crippen LogP contribution in [0.15, 0.2) is 6.07 Å². The van der Waals surface area contributed by atoms with Crippen molar-refractivity contribution < 1.29 is 9.84 Å². The molecule has 21 heavy (non-hydrogen) atoms. The molecule has 3 N–H and O–H groups in total. The van der Waals surface area contributed by atoms with Gasteiger partial charge in [-0.3, -0.25) is 0 Å². The van der Waals surface area contributed by atoms with E-state index in [0.29, 0.717) is 25.0 Å². The molecular weight excluding hydrogens is 268 g/mol. The lowest BCUT2D eigenvalue weighted by Crippen LogP contribution is -2.25. The first-order valence-corrected chi connectivity index (χ1v) is 7.76. The molecule has 1 aliphatic carbocycles. The average molecular weight is 294 g/mol. The summed E-state index contributed by atoms with van der Waals surface area (Å²) in [4.78, 5) is 8.84. The predicted octanol–water partition coefficient (Wildman–Crippen LogP) is 2.02. The van der Waals surface area contributed by atoms with Crippen molar-refractivity contribution in [2.24, 2.45) is 5.92 Å². The summed E-state index contributed by atoms with van der Waals surface area (Å²) >= 11 is 0. The van der Waals surface area contributed by atoms with E-state index in [9.17, 15) is 5.11 Å². The molecule has 0 saturated heterocycles. The van der Waals surface area contributed by atoms with Gasteiger partial charge in [-0.15, -0.1) is 0 Å². The highest BCUT2D eigenvalue weighted by Gasteiger charge is 2.20. The van der Waals surface area contributed by atoms with Crippen molar-refractivity contribution in [3.63, 3.8) is 0 Å². The van der Waals surface area contributed by atoms with E-state index in [1.54, 1.807) is 0 Å². The van der Waals surface area contributed by atoms with Crippen molar-refractivity contribution in [3.8, 4) is 0 Å². The van der Waals surface area contributed by atoms with Crippen LogP contribution in [0.1, 0.15) is 38.4 Å². The lowest BCUT2D eigenvalue weighted by Gasteiger charge is -2.26. The molecule has 1 aromatic heterocycles. The highest BCUT2D eigenvalue weighted by Crippen LogP contribution is 2.24. The Morgan fingerprint density at radius 2 is 2.14 bits per heavy atom. The van der Waals surface area contributed by atoms with Gasteiger partial charge in [0.1, 0.15) is 18.2 Å². The second-order valence-electron chi connectivity index (χ2n) is 5.51. The van der Waals surface area contributed by atoms with Crippen LogP contribution in [0.3, 0.4) is 0 Å². The van der Waals surface area contributed by atoms with Gasteiger partial charge in [0, 0.05) is 26.3 Å². The van der Waals surface area contributed by atoms with Crippen LogP contribution >= 0.6 is 0 Å². The van der Waals surface area contributed by atoms with Gasteiger partial charge >= 0.3 is 0 Å². The van der Waals surface area contributed by atoms with Crippen LogP contribution in [-0.4, -0.2) is 41.4 Å². The molecule has 1 aromatic rings. The fraction of sp³-hybridized carbons (Fsp3) is 0.733. The molecule has 1 saturated carbocycles. The molecule has 1 aliphatic rings. The van der Waals surface area contributed by atoms with Gasteiger partial charge in [-0.25, -0.2) is 9.97 Å². The van der Waals surface area contributed by atoms with E-state index in [1.807, 2.05) is 20.0 Å². The van der Waals surface area contributed by atoms with Gasteiger partial charge in [0.2, 0.25) is 0 Å². The van der Waals surface area contributed by atoms with Crippen molar-refractivity contribution in [2.45, 2.75) is 45.3 Å². The highest BCUT2D eigenvalue weighted by molar-refractivity contribution is 5.47. The first-order valence-electron chi connectivity index (χ1n) is 7.76. The van der Waals surface area contributed by atoms with Crippen molar-refractivity contribution in [2.75, 3.05) is 30.8 Å². The van der Waals surface area contributed by atoms with Crippen LogP contribution < -0.4 is 10.6 Å². The zero-order valence-electron chi connectivity index (χ0n) is 12.9. The van der Waals surface area contributed by atoms with E-state index in [0.717, 1.165) is 37.4 Å². The third-order valence-electron chi connectivity index (χ3n) is 3.79. The molecule has 1 fully saturated rings. The lowest BCUT2D eigenvalue weighted by atomic mass is 9.87. The minimum atomic E-state index is -0.141. The standard InChI is InChI=1S/C15H26N4O2/c1-3-21-10-15-18-13(16-2)8-14(19-15)17-9-11-5-4-6-12(20)7-11/h8,11-12,20H,3-7,9-10H2,1-2H3,(H2,16,17,18,19). The SMILES string of the molecule is CCOCc1nc(NC)cc(NCC2CCCC(O)C2)n1. The van der Waals surface area contributed by atoms with Gasteiger partial charge in [-0.05, 0) is 32.1 Å². The number of hydrogen-bond acceptors (Lipinski definition) is 6. The Morgan fingerprint density at radius 3 is 2.86 bits per heavy atom. The topological polar surface area (TPSA) is 79.3 Å². The molecule has 2 rings (SSSR count). The molecule has 2 atom stereocenters. The molecule has 0 spiro atoms. The number of nitrogens with one attached hydrogen (secondary N) is 2. The van der Waals surface area contributed by atoms with Gasteiger partial charge in [0.05, 0.1) is 6.10 Å². The van der Waals surface area contributed by atoms with Gasteiger partial charge in [-0.1, -0.05) is 6.42 Å². The summed E-state index contributed by atoms with van der Waals surface area (Å²) in [5.41, 5.74) is 0.